The van der Waals surface area contributed by atoms with Crippen molar-refractivity contribution in [2.24, 2.45) is 17.8 Å². The van der Waals surface area contributed by atoms with Gasteiger partial charge in [0.25, 0.3) is 0 Å². The Morgan fingerprint density at radius 2 is 1.72 bits per heavy atom. The van der Waals surface area contributed by atoms with Gasteiger partial charge in [-0.05, 0) is 42.4 Å². The van der Waals surface area contributed by atoms with Crippen LogP contribution >= 0.6 is 0 Å². The second-order valence-electron chi connectivity index (χ2n) is 7.84. The Morgan fingerprint density at radius 1 is 1.12 bits per heavy atom. The van der Waals surface area contributed by atoms with Crippen molar-refractivity contribution in [3.05, 3.63) is 35.6 Å². The Labute approximate surface area is 149 Å². The summed E-state index contributed by atoms with van der Waals surface area (Å²) in [5.41, 5.74) is 0.827. The lowest BCUT2D eigenvalue weighted by Crippen LogP contribution is -2.50. The highest BCUT2D eigenvalue weighted by Gasteiger charge is 2.41. The van der Waals surface area contributed by atoms with Gasteiger partial charge in [0.05, 0.1) is 12.0 Å². The van der Waals surface area contributed by atoms with E-state index in [2.05, 4.69) is 13.8 Å². The minimum absolute atomic E-state index is 0.0405. The number of piperidine rings is 2. The number of halogens is 1. The third kappa shape index (κ3) is 3.70. The minimum atomic E-state index is -0.318. The molecule has 2 aliphatic rings. The van der Waals surface area contributed by atoms with Crippen LogP contribution in [0.2, 0.25) is 0 Å². The van der Waals surface area contributed by atoms with Gasteiger partial charge in [-0.25, -0.2) is 4.39 Å². The molecule has 4 nitrogen and oxygen atoms in total. The zero-order valence-corrected chi connectivity index (χ0v) is 15.2. The molecule has 2 heterocycles. The highest BCUT2D eigenvalue weighted by molar-refractivity contribution is 5.85. The molecule has 2 aliphatic heterocycles. The van der Waals surface area contributed by atoms with Crippen LogP contribution in [0.25, 0.3) is 0 Å². The zero-order valence-electron chi connectivity index (χ0n) is 15.2. The minimum Gasteiger partial charge on any atom is -0.342 e. The van der Waals surface area contributed by atoms with Gasteiger partial charge in [-0.15, -0.1) is 0 Å². The predicted octanol–water partition coefficient (Wildman–Crippen LogP) is 3.24. The summed E-state index contributed by atoms with van der Waals surface area (Å²) < 4.78 is 13.3. The van der Waals surface area contributed by atoms with Crippen LogP contribution in [0.5, 0.6) is 0 Å². The number of hydrogen-bond donors (Lipinski definition) is 0. The smallest absolute Gasteiger partial charge is 0.228 e. The lowest BCUT2D eigenvalue weighted by atomic mass is 9.82. The molecule has 0 spiro atoms. The first-order valence-electron chi connectivity index (χ1n) is 9.16. The summed E-state index contributed by atoms with van der Waals surface area (Å²) in [4.78, 5) is 29.1. The number of benzene rings is 1. The number of rotatable bonds is 2. The lowest BCUT2D eigenvalue weighted by Gasteiger charge is -2.43. The van der Waals surface area contributed by atoms with Crippen molar-refractivity contribution in [2.75, 3.05) is 20.1 Å². The standard InChI is InChI=1S/C20H27FN2O2/c1-13-10-14(2)12-23(11-13)20(25)17-8-9-18(24)22(3)19(17)15-4-6-16(21)7-5-15/h4-7,13-14,17,19H,8-12H2,1-3H3/t13-,14+,17-,19+/m0/s1. The van der Waals surface area contributed by atoms with Gasteiger partial charge in [-0.3, -0.25) is 9.59 Å². The molecule has 5 heteroatoms. The Morgan fingerprint density at radius 3 is 2.32 bits per heavy atom. The van der Waals surface area contributed by atoms with E-state index in [-0.39, 0.29) is 29.6 Å². The topological polar surface area (TPSA) is 40.6 Å². The summed E-state index contributed by atoms with van der Waals surface area (Å²) >= 11 is 0. The van der Waals surface area contributed by atoms with E-state index in [9.17, 15) is 14.0 Å². The van der Waals surface area contributed by atoms with Crippen LogP contribution in [0.4, 0.5) is 4.39 Å². The molecule has 1 aromatic carbocycles. The Hall–Kier alpha value is -1.91. The molecule has 136 valence electrons. The molecular weight excluding hydrogens is 319 g/mol. The van der Waals surface area contributed by atoms with Gasteiger partial charge in [-0.1, -0.05) is 26.0 Å². The van der Waals surface area contributed by atoms with Gasteiger partial charge >= 0.3 is 0 Å². The van der Waals surface area contributed by atoms with Gasteiger partial charge in [0.15, 0.2) is 0 Å². The second kappa shape index (κ2) is 7.14. The van der Waals surface area contributed by atoms with Crippen LogP contribution in [0.3, 0.4) is 0 Å². The van der Waals surface area contributed by atoms with Crippen LogP contribution in [0.15, 0.2) is 24.3 Å². The third-order valence-electron chi connectivity index (χ3n) is 5.57. The van der Waals surface area contributed by atoms with Crippen molar-refractivity contribution in [1.82, 2.24) is 9.80 Å². The first-order valence-corrected chi connectivity index (χ1v) is 9.16. The van der Waals surface area contributed by atoms with Crippen LogP contribution in [0, 0.1) is 23.6 Å². The second-order valence-corrected chi connectivity index (χ2v) is 7.84. The Bertz CT molecular complexity index is 636. The Balaban J connectivity index is 1.87. The first kappa shape index (κ1) is 17.9. The molecule has 3 rings (SSSR count). The van der Waals surface area contributed by atoms with E-state index in [1.54, 1.807) is 24.1 Å². The molecule has 4 atom stereocenters. The summed E-state index contributed by atoms with van der Waals surface area (Å²) in [6.07, 6.45) is 2.10. The predicted molar refractivity (Wildman–Crippen MR) is 94.2 cm³/mol. The van der Waals surface area contributed by atoms with E-state index < -0.39 is 0 Å². The van der Waals surface area contributed by atoms with Gasteiger partial charge in [0, 0.05) is 26.6 Å². The van der Waals surface area contributed by atoms with E-state index in [1.807, 2.05) is 4.90 Å². The maximum Gasteiger partial charge on any atom is 0.228 e. The number of amides is 2. The molecule has 25 heavy (non-hydrogen) atoms. The average Bonchev–Trinajstić information content (AvgIpc) is 2.57. The highest BCUT2D eigenvalue weighted by atomic mass is 19.1. The van der Waals surface area contributed by atoms with Crippen molar-refractivity contribution in [1.29, 1.82) is 0 Å². The fraction of sp³-hybridized carbons (Fsp3) is 0.600. The zero-order chi connectivity index (χ0) is 18.1. The van der Waals surface area contributed by atoms with E-state index in [4.69, 9.17) is 0 Å². The maximum absolute atomic E-state index is 13.3. The van der Waals surface area contributed by atoms with Crippen molar-refractivity contribution >= 4 is 11.8 Å². The average molecular weight is 346 g/mol. The van der Waals surface area contributed by atoms with E-state index in [0.717, 1.165) is 25.1 Å². The molecule has 0 unspecified atom stereocenters. The third-order valence-corrected chi connectivity index (χ3v) is 5.57. The molecule has 2 saturated heterocycles. The number of hydrogen-bond acceptors (Lipinski definition) is 2. The van der Waals surface area contributed by atoms with E-state index >= 15 is 0 Å². The number of likely N-dealkylation sites (tertiary alicyclic amines) is 2. The normalized spacial score (nSPS) is 30.5. The molecule has 2 amide bonds. The van der Waals surface area contributed by atoms with Crippen molar-refractivity contribution in [3.8, 4) is 0 Å². The quantitative estimate of drug-likeness (QED) is 0.825. The fourth-order valence-electron chi connectivity index (χ4n) is 4.49. The first-order chi connectivity index (χ1) is 11.9. The molecule has 0 radical (unpaired) electrons. The van der Waals surface area contributed by atoms with Crippen LogP contribution in [-0.2, 0) is 9.59 Å². The van der Waals surface area contributed by atoms with Crippen molar-refractivity contribution in [2.45, 2.75) is 39.2 Å². The van der Waals surface area contributed by atoms with Crippen LogP contribution < -0.4 is 0 Å². The summed E-state index contributed by atoms with van der Waals surface area (Å²) in [5.74, 6) is 0.603. The fourth-order valence-corrected chi connectivity index (χ4v) is 4.49. The van der Waals surface area contributed by atoms with Gasteiger partial charge in [-0.2, -0.15) is 0 Å². The molecular formula is C20H27FN2O2. The maximum atomic E-state index is 13.3. The molecule has 1 aromatic rings. The summed E-state index contributed by atoms with van der Waals surface area (Å²) in [5, 5.41) is 0. The summed E-state index contributed by atoms with van der Waals surface area (Å²) in [6.45, 7) is 5.94. The van der Waals surface area contributed by atoms with Gasteiger partial charge < -0.3 is 9.80 Å². The molecule has 0 N–H and O–H groups in total. The van der Waals surface area contributed by atoms with Gasteiger partial charge in [0.1, 0.15) is 5.82 Å². The lowest BCUT2D eigenvalue weighted by molar-refractivity contribution is -0.148. The van der Waals surface area contributed by atoms with E-state index in [1.165, 1.54) is 12.1 Å². The van der Waals surface area contributed by atoms with Crippen LogP contribution in [0.1, 0.15) is 44.7 Å². The van der Waals surface area contributed by atoms with Crippen LogP contribution in [-0.4, -0.2) is 41.8 Å². The molecule has 0 aliphatic carbocycles. The monoisotopic (exact) mass is 346 g/mol. The van der Waals surface area contributed by atoms with Crippen molar-refractivity contribution < 1.29 is 14.0 Å². The molecule has 0 bridgehead atoms. The highest BCUT2D eigenvalue weighted by Crippen LogP contribution is 2.38. The largest absolute Gasteiger partial charge is 0.342 e. The Kier molecular flexibility index (Phi) is 5.11. The van der Waals surface area contributed by atoms with Gasteiger partial charge in [0.2, 0.25) is 11.8 Å². The molecule has 0 saturated carbocycles. The summed E-state index contributed by atoms with van der Waals surface area (Å²) in [7, 11) is 1.75. The number of nitrogens with zero attached hydrogens (tertiary/aromatic N) is 2. The summed E-state index contributed by atoms with van der Waals surface area (Å²) in [6, 6.07) is 5.86. The number of carbonyl (C=O) groups excluding carboxylic acids is 2. The SMILES string of the molecule is C[C@@H]1C[C@H](C)CN(C(=O)[C@H]2CCC(=O)N(C)[C@@H]2c2ccc(F)cc2)C1. The van der Waals surface area contributed by atoms with E-state index in [0.29, 0.717) is 24.7 Å². The molecule has 0 aromatic heterocycles. The molecule has 2 fully saturated rings. The number of carbonyl (C=O) groups is 2. The van der Waals surface area contributed by atoms with Crippen molar-refractivity contribution in [3.63, 3.8) is 0 Å².